The van der Waals surface area contributed by atoms with Gasteiger partial charge in [0.15, 0.2) is 0 Å². The Bertz CT molecular complexity index is 425. The Kier molecular flexibility index (Phi) is 1.69. The summed E-state index contributed by atoms with van der Waals surface area (Å²) in [4.78, 5) is 0. The molecule has 2 heterocycles. The van der Waals surface area contributed by atoms with E-state index in [1.165, 1.54) is 0 Å². The minimum Gasteiger partial charge on any atom is -0.275 e. The SMILES string of the molecule is Cc1nn(C)cc1-c1cnn(C)c1. The van der Waals surface area contributed by atoms with Crippen LogP contribution in [0.2, 0.25) is 0 Å². The van der Waals surface area contributed by atoms with Crippen molar-refractivity contribution in [2.75, 3.05) is 0 Å². The predicted octanol–water partition coefficient (Wildman–Crippen LogP) is 1.13. The monoisotopic (exact) mass is 176 g/mol. The molecule has 2 aromatic rings. The number of hydrogen-bond acceptors (Lipinski definition) is 2. The first-order valence-electron chi connectivity index (χ1n) is 4.16. The van der Waals surface area contributed by atoms with E-state index in [0.717, 1.165) is 16.8 Å². The summed E-state index contributed by atoms with van der Waals surface area (Å²) in [6, 6.07) is 0. The lowest BCUT2D eigenvalue weighted by Crippen LogP contribution is -1.86. The van der Waals surface area contributed by atoms with Crippen molar-refractivity contribution in [1.29, 1.82) is 0 Å². The van der Waals surface area contributed by atoms with E-state index in [0.29, 0.717) is 0 Å². The van der Waals surface area contributed by atoms with Gasteiger partial charge in [0, 0.05) is 37.6 Å². The van der Waals surface area contributed by atoms with Crippen LogP contribution >= 0.6 is 0 Å². The van der Waals surface area contributed by atoms with Crippen LogP contribution < -0.4 is 0 Å². The molecule has 0 fully saturated rings. The van der Waals surface area contributed by atoms with Crippen LogP contribution in [0, 0.1) is 6.92 Å². The highest BCUT2D eigenvalue weighted by Gasteiger charge is 2.06. The Morgan fingerprint density at radius 3 is 2.38 bits per heavy atom. The quantitative estimate of drug-likeness (QED) is 0.653. The van der Waals surface area contributed by atoms with Gasteiger partial charge in [-0.2, -0.15) is 10.2 Å². The molecular weight excluding hydrogens is 164 g/mol. The zero-order valence-electron chi connectivity index (χ0n) is 8.02. The van der Waals surface area contributed by atoms with E-state index in [2.05, 4.69) is 10.2 Å². The van der Waals surface area contributed by atoms with Gasteiger partial charge in [-0.05, 0) is 6.92 Å². The first-order chi connectivity index (χ1) is 6.16. The van der Waals surface area contributed by atoms with E-state index in [1.807, 2.05) is 44.3 Å². The molecule has 0 aliphatic carbocycles. The number of aromatic nitrogens is 4. The third-order valence-corrected chi connectivity index (χ3v) is 2.03. The van der Waals surface area contributed by atoms with Crippen LogP contribution in [0.3, 0.4) is 0 Å². The molecule has 0 N–H and O–H groups in total. The van der Waals surface area contributed by atoms with Crippen molar-refractivity contribution in [3.05, 3.63) is 24.3 Å². The molecule has 0 aliphatic heterocycles. The standard InChI is InChI=1S/C9H12N4/c1-7-9(6-13(3)11-7)8-4-10-12(2)5-8/h4-6H,1-3H3. The van der Waals surface area contributed by atoms with Gasteiger partial charge in [-0.25, -0.2) is 0 Å². The van der Waals surface area contributed by atoms with Crippen molar-refractivity contribution < 1.29 is 0 Å². The molecule has 0 spiro atoms. The fraction of sp³-hybridized carbons (Fsp3) is 0.333. The summed E-state index contributed by atoms with van der Waals surface area (Å²) in [5.41, 5.74) is 3.30. The van der Waals surface area contributed by atoms with Gasteiger partial charge in [0.2, 0.25) is 0 Å². The van der Waals surface area contributed by atoms with Gasteiger partial charge in [-0.3, -0.25) is 9.36 Å². The maximum absolute atomic E-state index is 4.28. The van der Waals surface area contributed by atoms with Crippen LogP contribution in [0.1, 0.15) is 5.69 Å². The topological polar surface area (TPSA) is 35.6 Å². The van der Waals surface area contributed by atoms with Gasteiger partial charge in [0.05, 0.1) is 11.9 Å². The van der Waals surface area contributed by atoms with E-state index in [9.17, 15) is 0 Å². The Hall–Kier alpha value is -1.58. The number of aryl methyl sites for hydroxylation is 3. The molecule has 13 heavy (non-hydrogen) atoms. The lowest BCUT2D eigenvalue weighted by molar-refractivity contribution is 0.756. The molecule has 68 valence electrons. The molecule has 4 nitrogen and oxygen atoms in total. The fourth-order valence-corrected chi connectivity index (χ4v) is 1.44. The first-order valence-corrected chi connectivity index (χ1v) is 4.16. The summed E-state index contributed by atoms with van der Waals surface area (Å²) in [6.45, 7) is 2.00. The summed E-state index contributed by atoms with van der Waals surface area (Å²) < 4.78 is 3.61. The second-order valence-corrected chi connectivity index (χ2v) is 3.20. The Morgan fingerprint density at radius 1 is 1.15 bits per heavy atom. The summed E-state index contributed by atoms with van der Waals surface area (Å²) in [5.74, 6) is 0. The van der Waals surface area contributed by atoms with Crippen LogP contribution in [0.25, 0.3) is 11.1 Å². The van der Waals surface area contributed by atoms with Crippen molar-refractivity contribution >= 4 is 0 Å². The van der Waals surface area contributed by atoms with Crippen molar-refractivity contribution in [3.8, 4) is 11.1 Å². The highest BCUT2D eigenvalue weighted by Crippen LogP contribution is 2.20. The van der Waals surface area contributed by atoms with Gasteiger partial charge in [-0.15, -0.1) is 0 Å². The molecule has 0 amide bonds. The van der Waals surface area contributed by atoms with Crippen molar-refractivity contribution in [3.63, 3.8) is 0 Å². The van der Waals surface area contributed by atoms with E-state index < -0.39 is 0 Å². The first kappa shape index (κ1) is 8.04. The maximum Gasteiger partial charge on any atom is 0.0673 e. The van der Waals surface area contributed by atoms with E-state index in [-0.39, 0.29) is 0 Å². The molecule has 4 heteroatoms. The fourth-order valence-electron chi connectivity index (χ4n) is 1.44. The van der Waals surface area contributed by atoms with Crippen LogP contribution in [0.15, 0.2) is 18.6 Å². The molecule has 0 aromatic carbocycles. The molecule has 0 atom stereocenters. The molecule has 2 aromatic heterocycles. The van der Waals surface area contributed by atoms with Crippen molar-refractivity contribution in [2.45, 2.75) is 6.92 Å². The van der Waals surface area contributed by atoms with Crippen LogP contribution in [-0.4, -0.2) is 19.6 Å². The normalized spacial score (nSPS) is 10.7. The molecule has 2 rings (SSSR count). The van der Waals surface area contributed by atoms with Crippen molar-refractivity contribution in [1.82, 2.24) is 19.6 Å². The number of hydrogen-bond donors (Lipinski definition) is 0. The largest absolute Gasteiger partial charge is 0.275 e. The molecule has 0 unspecified atom stereocenters. The molecule has 0 radical (unpaired) electrons. The van der Waals surface area contributed by atoms with Crippen LogP contribution in [0.4, 0.5) is 0 Å². The van der Waals surface area contributed by atoms with Gasteiger partial charge >= 0.3 is 0 Å². The van der Waals surface area contributed by atoms with Crippen LogP contribution in [0.5, 0.6) is 0 Å². The third-order valence-electron chi connectivity index (χ3n) is 2.03. The Morgan fingerprint density at radius 2 is 1.92 bits per heavy atom. The van der Waals surface area contributed by atoms with E-state index in [4.69, 9.17) is 0 Å². The molecular formula is C9H12N4. The van der Waals surface area contributed by atoms with Gasteiger partial charge in [-0.1, -0.05) is 0 Å². The third kappa shape index (κ3) is 1.35. The van der Waals surface area contributed by atoms with Crippen molar-refractivity contribution in [2.24, 2.45) is 14.1 Å². The summed E-state index contributed by atoms with van der Waals surface area (Å²) >= 11 is 0. The molecule has 0 saturated heterocycles. The van der Waals surface area contributed by atoms with E-state index in [1.54, 1.807) is 4.68 Å². The highest BCUT2D eigenvalue weighted by atomic mass is 15.3. The Balaban J connectivity index is 2.51. The lowest BCUT2D eigenvalue weighted by Gasteiger charge is -1.90. The molecule has 0 aliphatic rings. The summed E-state index contributed by atoms with van der Waals surface area (Å²) in [6.07, 6.45) is 5.85. The summed E-state index contributed by atoms with van der Waals surface area (Å²) in [7, 11) is 3.84. The molecule has 0 saturated carbocycles. The smallest absolute Gasteiger partial charge is 0.0673 e. The predicted molar refractivity (Wildman–Crippen MR) is 50.1 cm³/mol. The maximum atomic E-state index is 4.28. The average Bonchev–Trinajstić information content (AvgIpc) is 2.58. The number of rotatable bonds is 1. The number of nitrogens with zero attached hydrogens (tertiary/aromatic N) is 4. The second kappa shape index (κ2) is 2.73. The minimum atomic E-state index is 1.04. The lowest BCUT2D eigenvalue weighted by atomic mass is 10.1. The highest BCUT2D eigenvalue weighted by molar-refractivity contribution is 5.63. The zero-order chi connectivity index (χ0) is 9.42. The van der Waals surface area contributed by atoms with E-state index >= 15 is 0 Å². The minimum absolute atomic E-state index is 1.04. The second-order valence-electron chi connectivity index (χ2n) is 3.20. The summed E-state index contributed by atoms with van der Waals surface area (Å²) in [5, 5.41) is 8.40. The van der Waals surface area contributed by atoms with Gasteiger partial charge < -0.3 is 0 Å². The average molecular weight is 176 g/mol. The van der Waals surface area contributed by atoms with Crippen LogP contribution in [-0.2, 0) is 14.1 Å². The Labute approximate surface area is 76.8 Å². The zero-order valence-corrected chi connectivity index (χ0v) is 8.02. The molecule has 0 bridgehead atoms. The van der Waals surface area contributed by atoms with Gasteiger partial charge in [0.1, 0.15) is 0 Å². The van der Waals surface area contributed by atoms with Gasteiger partial charge in [0.25, 0.3) is 0 Å².